The van der Waals surface area contributed by atoms with Crippen LogP contribution >= 0.6 is 0 Å². The van der Waals surface area contributed by atoms with E-state index in [1.165, 1.54) is 5.56 Å². The largest absolute Gasteiger partial charge is 0.334 e. The van der Waals surface area contributed by atoms with Crippen molar-refractivity contribution in [1.29, 1.82) is 0 Å². The highest BCUT2D eigenvalue weighted by Crippen LogP contribution is 2.59. The molecule has 2 aliphatic rings. The highest BCUT2D eigenvalue weighted by Gasteiger charge is 2.67. The molecule has 1 aliphatic heterocycles. The molecule has 0 radical (unpaired) electrons. The number of hydrogen-bond acceptors (Lipinski definition) is 2. The fourth-order valence-corrected chi connectivity index (χ4v) is 3.23. The number of likely N-dealkylation sites (tertiary alicyclic amines) is 1. The SMILES string of the molecule is CC(c1ccccc1)N1C[C@@](C)(N)C2(CC2)C1=O. The van der Waals surface area contributed by atoms with Gasteiger partial charge in [-0.25, -0.2) is 0 Å². The van der Waals surface area contributed by atoms with E-state index in [0.29, 0.717) is 6.54 Å². The summed E-state index contributed by atoms with van der Waals surface area (Å²) in [5.41, 5.74) is 6.91. The molecule has 1 aromatic rings. The van der Waals surface area contributed by atoms with Gasteiger partial charge in [-0.05, 0) is 32.3 Å². The van der Waals surface area contributed by atoms with Crippen LogP contribution in [-0.2, 0) is 4.79 Å². The third kappa shape index (κ3) is 1.43. The zero-order chi connectivity index (χ0) is 13.0. The molecule has 1 unspecified atom stereocenters. The Bertz CT molecular complexity index is 477. The van der Waals surface area contributed by atoms with Crippen molar-refractivity contribution in [2.45, 2.75) is 38.3 Å². The number of amides is 1. The van der Waals surface area contributed by atoms with Gasteiger partial charge in [0.15, 0.2) is 0 Å². The van der Waals surface area contributed by atoms with Crippen molar-refractivity contribution in [1.82, 2.24) is 4.90 Å². The molecule has 0 aromatic heterocycles. The molecular formula is C15H20N2O. The number of carbonyl (C=O) groups excluding carboxylic acids is 1. The minimum Gasteiger partial charge on any atom is -0.334 e. The molecule has 1 spiro atoms. The van der Waals surface area contributed by atoms with Crippen LogP contribution in [0, 0.1) is 5.41 Å². The van der Waals surface area contributed by atoms with Crippen LogP contribution in [0.5, 0.6) is 0 Å². The summed E-state index contributed by atoms with van der Waals surface area (Å²) in [4.78, 5) is 14.5. The molecule has 1 amide bonds. The lowest BCUT2D eigenvalue weighted by Gasteiger charge is -2.26. The summed E-state index contributed by atoms with van der Waals surface area (Å²) in [6.07, 6.45) is 1.91. The second-order valence-corrected chi connectivity index (χ2v) is 6.02. The van der Waals surface area contributed by atoms with Gasteiger partial charge in [-0.15, -0.1) is 0 Å². The van der Waals surface area contributed by atoms with E-state index >= 15 is 0 Å². The quantitative estimate of drug-likeness (QED) is 0.866. The first-order valence-corrected chi connectivity index (χ1v) is 6.63. The Morgan fingerprint density at radius 3 is 2.39 bits per heavy atom. The van der Waals surface area contributed by atoms with Crippen LogP contribution < -0.4 is 5.73 Å². The monoisotopic (exact) mass is 244 g/mol. The van der Waals surface area contributed by atoms with Crippen LogP contribution in [0.25, 0.3) is 0 Å². The third-order valence-electron chi connectivity index (χ3n) is 4.76. The van der Waals surface area contributed by atoms with Crippen LogP contribution in [0.1, 0.15) is 38.3 Å². The first kappa shape index (κ1) is 11.7. The second-order valence-electron chi connectivity index (χ2n) is 6.02. The fourth-order valence-electron chi connectivity index (χ4n) is 3.23. The van der Waals surface area contributed by atoms with E-state index in [0.717, 1.165) is 12.8 Å². The summed E-state index contributed by atoms with van der Waals surface area (Å²) >= 11 is 0. The molecule has 3 nitrogen and oxygen atoms in total. The third-order valence-corrected chi connectivity index (χ3v) is 4.76. The highest BCUT2D eigenvalue weighted by atomic mass is 16.2. The summed E-state index contributed by atoms with van der Waals surface area (Å²) in [7, 11) is 0. The normalized spacial score (nSPS) is 30.8. The van der Waals surface area contributed by atoms with Crippen molar-refractivity contribution in [3.8, 4) is 0 Å². The van der Waals surface area contributed by atoms with Gasteiger partial charge in [0.25, 0.3) is 0 Å². The van der Waals surface area contributed by atoms with E-state index in [-0.39, 0.29) is 22.9 Å². The smallest absolute Gasteiger partial charge is 0.231 e. The fraction of sp³-hybridized carbons (Fsp3) is 0.533. The van der Waals surface area contributed by atoms with Crippen molar-refractivity contribution in [3.05, 3.63) is 35.9 Å². The van der Waals surface area contributed by atoms with E-state index in [1.54, 1.807) is 0 Å². The molecule has 1 saturated heterocycles. The second kappa shape index (κ2) is 3.58. The number of rotatable bonds is 2. The predicted octanol–water partition coefficient (Wildman–Crippen LogP) is 2.09. The number of hydrogen-bond donors (Lipinski definition) is 1. The molecule has 2 N–H and O–H groups in total. The standard InChI is InChI=1S/C15H20N2O/c1-11(12-6-4-3-5-7-12)17-10-14(2,16)15(8-9-15)13(17)18/h3-7,11H,8-10,16H2,1-2H3/t11?,14-/m1/s1. The van der Waals surface area contributed by atoms with Crippen molar-refractivity contribution in [2.75, 3.05) is 6.54 Å². The molecular weight excluding hydrogens is 224 g/mol. The molecule has 0 bridgehead atoms. The maximum Gasteiger partial charge on any atom is 0.231 e. The van der Waals surface area contributed by atoms with E-state index < -0.39 is 0 Å². The van der Waals surface area contributed by atoms with E-state index in [4.69, 9.17) is 5.73 Å². The number of nitrogens with two attached hydrogens (primary N) is 1. The summed E-state index contributed by atoms with van der Waals surface area (Å²) in [5.74, 6) is 0.254. The lowest BCUT2D eigenvalue weighted by molar-refractivity contribution is -0.134. The van der Waals surface area contributed by atoms with Gasteiger partial charge in [0.05, 0.1) is 11.5 Å². The van der Waals surface area contributed by atoms with Gasteiger partial charge < -0.3 is 10.6 Å². The van der Waals surface area contributed by atoms with Crippen molar-refractivity contribution in [2.24, 2.45) is 11.1 Å². The Labute approximate surface area is 108 Å². The summed E-state index contributed by atoms with van der Waals surface area (Å²) in [5, 5.41) is 0. The maximum atomic E-state index is 12.6. The number of benzene rings is 1. The molecule has 18 heavy (non-hydrogen) atoms. The van der Waals surface area contributed by atoms with Crippen LogP contribution in [0.3, 0.4) is 0 Å². The van der Waals surface area contributed by atoms with Crippen molar-refractivity contribution < 1.29 is 4.79 Å². The minimum atomic E-state index is -0.368. The van der Waals surface area contributed by atoms with Gasteiger partial charge in [-0.1, -0.05) is 30.3 Å². The first-order chi connectivity index (χ1) is 8.48. The summed E-state index contributed by atoms with van der Waals surface area (Å²) in [6, 6.07) is 10.3. The predicted molar refractivity (Wildman–Crippen MR) is 70.8 cm³/mol. The molecule has 1 saturated carbocycles. The van der Waals surface area contributed by atoms with Gasteiger partial charge in [0, 0.05) is 12.1 Å². The Morgan fingerprint density at radius 2 is 1.89 bits per heavy atom. The van der Waals surface area contributed by atoms with Gasteiger partial charge >= 0.3 is 0 Å². The molecule has 96 valence electrons. The number of carbonyl (C=O) groups is 1. The van der Waals surface area contributed by atoms with Gasteiger partial charge in [-0.3, -0.25) is 4.79 Å². The van der Waals surface area contributed by atoms with Gasteiger partial charge in [0.2, 0.25) is 5.91 Å². The molecule has 1 aliphatic carbocycles. The Balaban J connectivity index is 1.89. The zero-order valence-corrected chi connectivity index (χ0v) is 11.0. The molecule has 2 fully saturated rings. The summed E-state index contributed by atoms with van der Waals surface area (Å²) in [6.45, 7) is 4.78. The van der Waals surface area contributed by atoms with Crippen LogP contribution in [-0.4, -0.2) is 22.9 Å². The van der Waals surface area contributed by atoms with Crippen LogP contribution in [0.2, 0.25) is 0 Å². The summed E-state index contributed by atoms with van der Waals surface area (Å²) < 4.78 is 0. The highest BCUT2D eigenvalue weighted by molar-refractivity contribution is 5.90. The van der Waals surface area contributed by atoms with Crippen molar-refractivity contribution >= 4 is 5.91 Å². The lowest BCUT2D eigenvalue weighted by Crippen LogP contribution is -2.46. The molecule has 3 rings (SSSR count). The van der Waals surface area contributed by atoms with E-state index in [1.807, 2.05) is 30.0 Å². The first-order valence-electron chi connectivity index (χ1n) is 6.63. The Kier molecular flexibility index (Phi) is 2.33. The molecule has 3 heteroatoms. The Morgan fingerprint density at radius 1 is 1.28 bits per heavy atom. The van der Waals surface area contributed by atoms with Gasteiger partial charge in [0.1, 0.15) is 0 Å². The molecule has 1 aromatic carbocycles. The average Bonchev–Trinajstić information content (AvgIpc) is 3.14. The maximum absolute atomic E-state index is 12.6. The molecule has 2 atom stereocenters. The van der Waals surface area contributed by atoms with Crippen molar-refractivity contribution in [3.63, 3.8) is 0 Å². The molecule has 1 heterocycles. The average molecular weight is 244 g/mol. The van der Waals surface area contributed by atoms with E-state index in [9.17, 15) is 4.79 Å². The number of nitrogens with zero attached hydrogens (tertiary/aromatic N) is 1. The van der Waals surface area contributed by atoms with Crippen LogP contribution in [0.15, 0.2) is 30.3 Å². The minimum absolute atomic E-state index is 0.113. The van der Waals surface area contributed by atoms with Crippen LogP contribution in [0.4, 0.5) is 0 Å². The lowest BCUT2D eigenvalue weighted by atomic mass is 9.87. The van der Waals surface area contributed by atoms with E-state index in [2.05, 4.69) is 19.1 Å². The zero-order valence-electron chi connectivity index (χ0n) is 11.0. The van der Waals surface area contributed by atoms with Gasteiger partial charge in [-0.2, -0.15) is 0 Å². The topological polar surface area (TPSA) is 46.3 Å². The Hall–Kier alpha value is -1.35.